The van der Waals surface area contributed by atoms with Crippen molar-refractivity contribution in [3.63, 3.8) is 0 Å². The van der Waals surface area contributed by atoms with Crippen molar-refractivity contribution in [2.45, 2.75) is 6.92 Å². The minimum absolute atomic E-state index is 0.772. The third-order valence-electron chi connectivity index (χ3n) is 10.6. The summed E-state index contributed by atoms with van der Waals surface area (Å²) in [6.45, 7) is 2.82. The summed E-state index contributed by atoms with van der Waals surface area (Å²) in [5, 5.41) is 8.69. The van der Waals surface area contributed by atoms with Gasteiger partial charge in [-0.15, -0.1) is 0 Å². The fourth-order valence-electron chi connectivity index (χ4n) is 7.98. The first-order valence-corrected chi connectivity index (χ1v) is 19.4. The number of anilines is 4. The molecule has 0 radical (unpaired) electrons. The van der Waals surface area contributed by atoms with Crippen LogP contribution < -0.4 is 10.2 Å². The molecule has 0 heterocycles. The number of para-hydroxylation sites is 1. The summed E-state index contributed by atoms with van der Waals surface area (Å²) in [4.78, 5) is 2.34. The summed E-state index contributed by atoms with van der Waals surface area (Å²) in [5.74, 6) is 0. The minimum atomic E-state index is 0.772. The van der Waals surface area contributed by atoms with Crippen LogP contribution in [0.1, 0.15) is 6.92 Å². The Balaban J connectivity index is 1.08. The van der Waals surface area contributed by atoms with Gasteiger partial charge >= 0.3 is 0 Å². The molecule has 9 rings (SSSR count). The van der Waals surface area contributed by atoms with E-state index in [4.69, 9.17) is 0 Å². The van der Waals surface area contributed by atoms with Crippen LogP contribution >= 0.6 is 0 Å². The van der Waals surface area contributed by atoms with Gasteiger partial charge in [-0.2, -0.15) is 0 Å². The number of fused-ring (bicyclic) bond motifs is 2. The number of benzene rings is 9. The summed E-state index contributed by atoms with van der Waals surface area (Å²) in [6, 6.07) is 74.5. The summed E-state index contributed by atoms with van der Waals surface area (Å²) in [6.07, 6.45) is 4.22. The highest BCUT2D eigenvalue weighted by atomic mass is 15.1. The Kier molecular flexibility index (Phi) is 9.68. The van der Waals surface area contributed by atoms with Crippen LogP contribution in [0.2, 0.25) is 0 Å². The Labute approximate surface area is 329 Å². The van der Waals surface area contributed by atoms with Crippen molar-refractivity contribution in [3.05, 3.63) is 218 Å². The molecule has 2 heteroatoms. The van der Waals surface area contributed by atoms with E-state index in [1.807, 2.05) is 0 Å². The van der Waals surface area contributed by atoms with Crippen molar-refractivity contribution < 1.29 is 0 Å². The molecule has 0 aromatic heterocycles. The second-order valence-electron chi connectivity index (χ2n) is 14.0. The van der Waals surface area contributed by atoms with Gasteiger partial charge in [-0.05, 0) is 110 Å². The van der Waals surface area contributed by atoms with E-state index in [0.29, 0.717) is 0 Å². The molecule has 9 aromatic carbocycles. The molecule has 0 saturated carbocycles. The van der Waals surface area contributed by atoms with Gasteiger partial charge in [0, 0.05) is 34.9 Å². The molecular weight excluding hydrogens is 677 g/mol. The first-order chi connectivity index (χ1) is 27.8. The van der Waals surface area contributed by atoms with Crippen LogP contribution in [0.15, 0.2) is 218 Å². The maximum absolute atomic E-state index is 3.62. The van der Waals surface area contributed by atoms with Crippen LogP contribution in [-0.4, -0.2) is 6.54 Å². The van der Waals surface area contributed by atoms with Crippen molar-refractivity contribution >= 4 is 44.3 Å². The fourth-order valence-corrected chi connectivity index (χ4v) is 7.98. The van der Waals surface area contributed by atoms with Gasteiger partial charge in [0.15, 0.2) is 0 Å². The van der Waals surface area contributed by atoms with Gasteiger partial charge in [0.2, 0.25) is 0 Å². The topological polar surface area (TPSA) is 15.3 Å². The molecule has 0 amide bonds. The average Bonchev–Trinajstić information content (AvgIpc) is 3.27. The lowest BCUT2D eigenvalue weighted by Crippen LogP contribution is -2.10. The van der Waals surface area contributed by atoms with Gasteiger partial charge in [-0.25, -0.2) is 0 Å². The lowest BCUT2D eigenvalue weighted by Gasteiger charge is -2.27. The largest absolute Gasteiger partial charge is 0.381 e. The van der Waals surface area contributed by atoms with Crippen molar-refractivity contribution in [2.24, 2.45) is 0 Å². The molecule has 56 heavy (non-hydrogen) atoms. The highest BCUT2D eigenvalue weighted by Gasteiger charge is 2.18. The number of nitrogens with one attached hydrogen (secondary N) is 1. The SMILES string of the molecule is C/C=C\CNc1ccc(N(c2ccccc2)c2ccc(-c3ccc(-c4c5ccccc5c(-c5ccccc5)c5ccccc45)cc3)cc2)cc1-c1ccccc1. The molecule has 2 nitrogen and oxygen atoms in total. The molecule has 0 saturated heterocycles. The Morgan fingerprint density at radius 2 is 0.804 bits per heavy atom. The Morgan fingerprint density at radius 3 is 1.34 bits per heavy atom. The Bertz CT molecular complexity index is 2710. The lowest BCUT2D eigenvalue weighted by atomic mass is 9.86. The molecule has 1 N–H and O–H groups in total. The maximum atomic E-state index is 3.62. The number of rotatable bonds is 10. The predicted octanol–water partition coefficient (Wildman–Crippen LogP) is 15.1. The van der Waals surface area contributed by atoms with E-state index in [9.17, 15) is 0 Å². The quantitative estimate of drug-likeness (QED) is 0.112. The zero-order valence-corrected chi connectivity index (χ0v) is 31.4. The van der Waals surface area contributed by atoms with E-state index >= 15 is 0 Å². The van der Waals surface area contributed by atoms with Crippen molar-refractivity contribution in [3.8, 4) is 44.5 Å². The van der Waals surface area contributed by atoms with Crippen LogP contribution in [0.3, 0.4) is 0 Å². The van der Waals surface area contributed by atoms with Gasteiger partial charge < -0.3 is 10.2 Å². The van der Waals surface area contributed by atoms with Crippen LogP contribution in [0, 0.1) is 0 Å². The summed E-state index contributed by atoms with van der Waals surface area (Å²) < 4.78 is 0. The second-order valence-corrected chi connectivity index (χ2v) is 14.0. The van der Waals surface area contributed by atoms with Gasteiger partial charge in [0.25, 0.3) is 0 Å². The van der Waals surface area contributed by atoms with Crippen LogP contribution in [0.25, 0.3) is 66.1 Å². The first-order valence-electron chi connectivity index (χ1n) is 19.4. The number of hydrogen-bond donors (Lipinski definition) is 1. The average molecular weight is 719 g/mol. The number of hydrogen-bond acceptors (Lipinski definition) is 2. The van der Waals surface area contributed by atoms with E-state index in [-0.39, 0.29) is 0 Å². The van der Waals surface area contributed by atoms with E-state index < -0.39 is 0 Å². The monoisotopic (exact) mass is 718 g/mol. The molecular formula is C54H42N2. The molecule has 0 aliphatic rings. The summed E-state index contributed by atoms with van der Waals surface area (Å²) in [5.41, 5.74) is 14.1. The lowest BCUT2D eigenvalue weighted by molar-refractivity contribution is 1.27. The summed E-state index contributed by atoms with van der Waals surface area (Å²) >= 11 is 0. The number of allylic oxidation sites excluding steroid dienone is 1. The van der Waals surface area contributed by atoms with E-state index in [0.717, 1.165) is 29.3 Å². The molecule has 0 aliphatic carbocycles. The normalized spacial score (nSPS) is 11.3. The zero-order chi connectivity index (χ0) is 37.7. The molecule has 9 aromatic rings. The third kappa shape index (κ3) is 6.74. The standard InChI is InChI=1S/C54H42N2/c1-2-3-37-55-52-36-35-46(38-51(52)41-17-7-4-8-18-41)56(44-21-11-6-12-22-44)45-33-31-40(32-34-45)39-27-29-43(30-28-39)54-49-25-15-13-23-47(49)53(42-19-9-5-10-20-42)48-24-14-16-26-50(48)54/h2-36,38,55H,37H2,1H3/b3-2-. The maximum Gasteiger partial charge on any atom is 0.0469 e. The van der Waals surface area contributed by atoms with Gasteiger partial charge in [0.1, 0.15) is 0 Å². The van der Waals surface area contributed by atoms with Crippen LogP contribution in [0.4, 0.5) is 22.7 Å². The highest BCUT2D eigenvalue weighted by molar-refractivity contribution is 6.21. The Hall–Kier alpha value is -7.16. The van der Waals surface area contributed by atoms with E-state index in [2.05, 4.69) is 236 Å². The predicted molar refractivity (Wildman–Crippen MR) is 241 cm³/mol. The van der Waals surface area contributed by atoms with Crippen molar-refractivity contribution in [1.82, 2.24) is 0 Å². The van der Waals surface area contributed by atoms with Crippen molar-refractivity contribution in [2.75, 3.05) is 16.8 Å². The summed E-state index contributed by atoms with van der Waals surface area (Å²) in [7, 11) is 0. The van der Waals surface area contributed by atoms with Gasteiger partial charge in [-0.1, -0.05) is 176 Å². The first kappa shape index (κ1) is 34.6. The zero-order valence-electron chi connectivity index (χ0n) is 31.4. The second kappa shape index (κ2) is 15.7. The molecule has 0 aliphatic heterocycles. The Morgan fingerprint density at radius 1 is 0.393 bits per heavy atom. The van der Waals surface area contributed by atoms with Crippen LogP contribution in [0.5, 0.6) is 0 Å². The van der Waals surface area contributed by atoms with Gasteiger partial charge in [0.05, 0.1) is 0 Å². The fraction of sp³-hybridized carbons (Fsp3) is 0.0370. The molecule has 0 bridgehead atoms. The molecule has 0 atom stereocenters. The molecule has 0 spiro atoms. The molecule has 0 fully saturated rings. The third-order valence-corrected chi connectivity index (χ3v) is 10.6. The smallest absolute Gasteiger partial charge is 0.0469 e. The van der Waals surface area contributed by atoms with E-state index in [1.54, 1.807) is 0 Å². The van der Waals surface area contributed by atoms with E-state index in [1.165, 1.54) is 66.1 Å². The minimum Gasteiger partial charge on any atom is -0.381 e. The molecule has 0 unspecified atom stereocenters. The number of nitrogens with zero attached hydrogens (tertiary/aromatic N) is 1. The van der Waals surface area contributed by atoms with Crippen molar-refractivity contribution in [1.29, 1.82) is 0 Å². The highest BCUT2D eigenvalue weighted by Crippen LogP contribution is 2.44. The molecule has 268 valence electrons. The van der Waals surface area contributed by atoms with Crippen LogP contribution in [-0.2, 0) is 0 Å². The van der Waals surface area contributed by atoms with Gasteiger partial charge in [-0.3, -0.25) is 0 Å².